The van der Waals surface area contributed by atoms with Gasteiger partial charge >= 0.3 is 0 Å². The maximum absolute atomic E-state index is 12.1. The fourth-order valence-corrected chi connectivity index (χ4v) is 2.12. The second-order valence-electron chi connectivity index (χ2n) is 5.04. The van der Waals surface area contributed by atoms with Crippen molar-refractivity contribution < 1.29 is 18.8 Å². The number of nitrogens with zero attached hydrogens (tertiary/aromatic N) is 2. The zero-order valence-corrected chi connectivity index (χ0v) is 13.2. The Labute approximate surface area is 132 Å². The highest BCUT2D eigenvalue weighted by molar-refractivity contribution is 6.43. The molecule has 0 atom stereocenters. The quantitative estimate of drug-likeness (QED) is 0.586. The van der Waals surface area contributed by atoms with E-state index in [0.717, 1.165) is 0 Å². The smallest absolute Gasteiger partial charge is 0.292 e. The van der Waals surface area contributed by atoms with Crippen LogP contribution in [-0.4, -0.2) is 33.9 Å². The van der Waals surface area contributed by atoms with E-state index in [1.807, 2.05) is 0 Å². The minimum Gasteiger partial charge on any atom is -0.467 e. The normalized spacial score (nSPS) is 10.4. The molecule has 0 saturated heterocycles. The van der Waals surface area contributed by atoms with Gasteiger partial charge < -0.3 is 15.1 Å². The van der Waals surface area contributed by atoms with E-state index < -0.39 is 17.6 Å². The number of carbonyl (C=O) groups excluding carboxylic acids is 3. The number of Topliss-reactive ketones (excluding diaryl/α,β-unsaturated/α-hetero) is 1. The maximum atomic E-state index is 12.1. The van der Waals surface area contributed by atoms with Crippen molar-refractivity contribution >= 4 is 17.6 Å². The van der Waals surface area contributed by atoms with Crippen LogP contribution >= 0.6 is 0 Å². The van der Waals surface area contributed by atoms with Gasteiger partial charge in [-0.2, -0.15) is 5.10 Å². The van der Waals surface area contributed by atoms with Crippen LogP contribution in [0.2, 0.25) is 0 Å². The van der Waals surface area contributed by atoms with Gasteiger partial charge in [-0.15, -0.1) is 0 Å². The molecular formula is C15H18N4O4. The van der Waals surface area contributed by atoms with E-state index in [4.69, 9.17) is 4.42 Å². The zero-order chi connectivity index (χ0) is 17.0. The highest BCUT2D eigenvalue weighted by Gasteiger charge is 2.24. The summed E-state index contributed by atoms with van der Waals surface area (Å²) in [5.74, 6) is -1.35. The minimum absolute atomic E-state index is 0.219. The van der Waals surface area contributed by atoms with Crippen LogP contribution in [0.5, 0.6) is 0 Å². The minimum atomic E-state index is -0.836. The third kappa shape index (κ3) is 3.85. The standard InChI is InChI=1S/C15H18N4O4/c1-9-13(10(2)19(3)18-9)14(21)15(22)17-8-12(20)16-7-11-5-4-6-23-11/h4-6H,7-8H2,1-3H3,(H,16,20)(H,17,22). The van der Waals surface area contributed by atoms with Gasteiger partial charge in [-0.1, -0.05) is 0 Å². The summed E-state index contributed by atoms with van der Waals surface area (Å²) < 4.78 is 6.60. The summed E-state index contributed by atoms with van der Waals surface area (Å²) in [6.45, 7) is 3.29. The van der Waals surface area contributed by atoms with Gasteiger partial charge in [-0.25, -0.2) is 0 Å². The van der Waals surface area contributed by atoms with Crippen molar-refractivity contribution in [2.75, 3.05) is 6.54 Å². The van der Waals surface area contributed by atoms with Crippen molar-refractivity contribution in [2.45, 2.75) is 20.4 Å². The summed E-state index contributed by atoms with van der Waals surface area (Å²) in [6, 6.07) is 3.43. The Bertz CT molecular complexity index is 731. The van der Waals surface area contributed by atoms with E-state index in [-0.39, 0.29) is 18.7 Å². The Balaban J connectivity index is 1.86. The number of hydrogen-bond donors (Lipinski definition) is 2. The molecule has 0 aliphatic heterocycles. The molecule has 2 aromatic heterocycles. The van der Waals surface area contributed by atoms with Crippen molar-refractivity contribution in [2.24, 2.45) is 7.05 Å². The monoisotopic (exact) mass is 318 g/mol. The lowest BCUT2D eigenvalue weighted by molar-refractivity contribution is -0.124. The van der Waals surface area contributed by atoms with Crippen LogP contribution in [0.4, 0.5) is 0 Å². The molecule has 0 aliphatic rings. The van der Waals surface area contributed by atoms with E-state index >= 15 is 0 Å². The topological polar surface area (TPSA) is 106 Å². The highest BCUT2D eigenvalue weighted by atomic mass is 16.3. The van der Waals surface area contributed by atoms with Crippen molar-refractivity contribution in [3.63, 3.8) is 0 Å². The second kappa shape index (κ2) is 6.91. The summed E-state index contributed by atoms with van der Waals surface area (Å²) in [5, 5.41) is 8.97. The molecule has 23 heavy (non-hydrogen) atoms. The Hall–Kier alpha value is -2.90. The summed E-state index contributed by atoms with van der Waals surface area (Å²) in [5.41, 5.74) is 1.35. The van der Waals surface area contributed by atoms with E-state index in [1.54, 1.807) is 33.0 Å². The number of aryl methyl sites for hydroxylation is 2. The van der Waals surface area contributed by atoms with Crippen LogP contribution in [0.25, 0.3) is 0 Å². The van der Waals surface area contributed by atoms with Crippen LogP contribution in [0, 0.1) is 13.8 Å². The molecule has 0 bridgehead atoms. The highest BCUT2D eigenvalue weighted by Crippen LogP contribution is 2.12. The molecule has 0 spiro atoms. The third-order valence-electron chi connectivity index (χ3n) is 3.39. The Morgan fingerprint density at radius 3 is 2.57 bits per heavy atom. The molecule has 2 rings (SSSR count). The Morgan fingerprint density at radius 2 is 2.00 bits per heavy atom. The molecular weight excluding hydrogens is 300 g/mol. The molecule has 0 saturated carbocycles. The first-order chi connectivity index (χ1) is 10.9. The number of amides is 2. The van der Waals surface area contributed by atoms with E-state index in [2.05, 4.69) is 15.7 Å². The third-order valence-corrected chi connectivity index (χ3v) is 3.39. The zero-order valence-electron chi connectivity index (χ0n) is 13.2. The molecule has 0 aromatic carbocycles. The number of furan rings is 1. The number of nitrogens with one attached hydrogen (secondary N) is 2. The maximum Gasteiger partial charge on any atom is 0.292 e. The lowest BCUT2D eigenvalue weighted by Gasteiger charge is -2.05. The molecule has 8 heteroatoms. The summed E-state index contributed by atoms with van der Waals surface area (Å²) in [4.78, 5) is 35.7. The average Bonchev–Trinajstić information content (AvgIpc) is 3.11. The summed E-state index contributed by atoms with van der Waals surface area (Å²) in [6.07, 6.45) is 1.50. The Kier molecular flexibility index (Phi) is 4.95. The molecule has 0 unspecified atom stereocenters. The fourth-order valence-electron chi connectivity index (χ4n) is 2.12. The van der Waals surface area contributed by atoms with Crippen molar-refractivity contribution in [3.8, 4) is 0 Å². The van der Waals surface area contributed by atoms with Gasteiger partial charge in [0.1, 0.15) is 5.76 Å². The van der Waals surface area contributed by atoms with Gasteiger partial charge in [0.25, 0.3) is 11.7 Å². The lowest BCUT2D eigenvalue weighted by Crippen LogP contribution is -2.39. The van der Waals surface area contributed by atoms with Gasteiger partial charge in [-0.05, 0) is 26.0 Å². The first-order valence-electron chi connectivity index (χ1n) is 7.02. The summed E-state index contributed by atoms with van der Waals surface area (Å²) in [7, 11) is 1.69. The van der Waals surface area contributed by atoms with Crippen molar-refractivity contribution in [1.29, 1.82) is 0 Å². The number of carbonyl (C=O) groups is 3. The van der Waals surface area contributed by atoms with E-state index in [0.29, 0.717) is 17.1 Å². The molecule has 122 valence electrons. The van der Waals surface area contributed by atoms with Crippen LogP contribution in [0.3, 0.4) is 0 Å². The SMILES string of the molecule is Cc1nn(C)c(C)c1C(=O)C(=O)NCC(=O)NCc1ccco1. The summed E-state index contributed by atoms with van der Waals surface area (Å²) >= 11 is 0. The number of ketones is 1. The molecule has 2 amide bonds. The largest absolute Gasteiger partial charge is 0.467 e. The fraction of sp³-hybridized carbons (Fsp3) is 0.333. The Morgan fingerprint density at radius 1 is 1.26 bits per heavy atom. The van der Waals surface area contributed by atoms with Gasteiger partial charge in [0, 0.05) is 12.7 Å². The van der Waals surface area contributed by atoms with Crippen LogP contribution in [0.1, 0.15) is 27.5 Å². The van der Waals surface area contributed by atoms with Gasteiger partial charge in [0.15, 0.2) is 0 Å². The molecule has 2 heterocycles. The predicted octanol–water partition coefficient (Wildman–Crippen LogP) is 0.245. The molecule has 8 nitrogen and oxygen atoms in total. The lowest BCUT2D eigenvalue weighted by atomic mass is 10.1. The molecule has 0 radical (unpaired) electrons. The van der Waals surface area contributed by atoms with Gasteiger partial charge in [-0.3, -0.25) is 19.1 Å². The average molecular weight is 318 g/mol. The second-order valence-corrected chi connectivity index (χ2v) is 5.04. The number of aromatic nitrogens is 2. The molecule has 2 N–H and O–H groups in total. The van der Waals surface area contributed by atoms with Crippen molar-refractivity contribution in [1.82, 2.24) is 20.4 Å². The predicted molar refractivity (Wildman–Crippen MR) is 80.6 cm³/mol. The number of hydrogen-bond acceptors (Lipinski definition) is 5. The van der Waals surface area contributed by atoms with E-state index in [1.165, 1.54) is 10.9 Å². The first-order valence-corrected chi connectivity index (χ1v) is 7.02. The van der Waals surface area contributed by atoms with Crippen LogP contribution in [0.15, 0.2) is 22.8 Å². The van der Waals surface area contributed by atoms with Crippen LogP contribution in [-0.2, 0) is 23.2 Å². The first kappa shape index (κ1) is 16.5. The van der Waals surface area contributed by atoms with E-state index in [9.17, 15) is 14.4 Å². The van der Waals surface area contributed by atoms with Gasteiger partial charge in [0.05, 0.1) is 30.6 Å². The molecule has 0 aliphatic carbocycles. The number of rotatable bonds is 6. The molecule has 2 aromatic rings. The van der Waals surface area contributed by atoms with Gasteiger partial charge in [0.2, 0.25) is 5.91 Å². The van der Waals surface area contributed by atoms with Crippen LogP contribution < -0.4 is 10.6 Å². The van der Waals surface area contributed by atoms with Crippen molar-refractivity contribution in [3.05, 3.63) is 41.1 Å². The molecule has 0 fully saturated rings.